The van der Waals surface area contributed by atoms with Crippen LogP contribution >= 0.6 is 11.6 Å². The number of hydrogen-bond donors (Lipinski definition) is 0. The van der Waals surface area contributed by atoms with Crippen LogP contribution in [0.1, 0.15) is 27.7 Å². The number of halogens is 1. The molecule has 0 aliphatic rings. The highest BCUT2D eigenvalue weighted by Crippen LogP contribution is 2.15. The molecule has 0 radical (unpaired) electrons. The lowest BCUT2D eigenvalue weighted by Crippen LogP contribution is -2.27. The molecule has 0 N–H and O–H groups in total. The van der Waals surface area contributed by atoms with Crippen molar-refractivity contribution in [3.05, 3.63) is 0 Å². The fourth-order valence-corrected chi connectivity index (χ4v) is 0.905. The molecule has 0 bridgehead atoms. The van der Waals surface area contributed by atoms with E-state index in [1.165, 1.54) is 0 Å². The first-order chi connectivity index (χ1) is 6.29. The van der Waals surface area contributed by atoms with E-state index in [4.69, 9.17) is 16.3 Å². The minimum absolute atomic E-state index is 0.0335. The Morgan fingerprint density at radius 2 is 1.86 bits per heavy atom. The van der Waals surface area contributed by atoms with Crippen LogP contribution in [0.5, 0.6) is 0 Å². The van der Waals surface area contributed by atoms with Crippen molar-refractivity contribution >= 4 is 23.4 Å². The standard InChI is InChI=1S/C10H17ClO3/c1-7(8(12)5-11)6-14-9(13)10(2,3)4/h7H,5-6H2,1-4H3/t7-/m0/s1. The molecular formula is C10H17ClO3. The fourth-order valence-electron chi connectivity index (χ4n) is 0.642. The maximum atomic E-state index is 11.3. The van der Waals surface area contributed by atoms with E-state index in [1.807, 2.05) is 0 Å². The van der Waals surface area contributed by atoms with Crippen LogP contribution in [0.15, 0.2) is 0 Å². The van der Waals surface area contributed by atoms with Crippen molar-refractivity contribution in [3.63, 3.8) is 0 Å². The zero-order chi connectivity index (χ0) is 11.4. The van der Waals surface area contributed by atoms with Crippen LogP contribution in [0.3, 0.4) is 0 Å². The van der Waals surface area contributed by atoms with E-state index in [9.17, 15) is 9.59 Å². The Labute approximate surface area is 89.8 Å². The SMILES string of the molecule is C[C@@H](COC(=O)C(C)(C)C)C(=O)CCl. The molecule has 14 heavy (non-hydrogen) atoms. The summed E-state index contributed by atoms with van der Waals surface area (Å²) in [5, 5.41) is 0. The van der Waals surface area contributed by atoms with Crippen molar-refractivity contribution in [1.29, 1.82) is 0 Å². The molecule has 82 valence electrons. The first-order valence-corrected chi connectivity index (χ1v) is 5.08. The number of Topliss-reactive ketones (excluding diaryl/α,β-unsaturated/α-hetero) is 1. The summed E-state index contributed by atoms with van der Waals surface area (Å²) in [6, 6.07) is 0. The summed E-state index contributed by atoms with van der Waals surface area (Å²) >= 11 is 5.36. The minimum Gasteiger partial charge on any atom is -0.465 e. The molecule has 0 aromatic heterocycles. The molecule has 0 fully saturated rings. The maximum absolute atomic E-state index is 11.3. The van der Waals surface area contributed by atoms with Gasteiger partial charge in [0, 0.05) is 0 Å². The van der Waals surface area contributed by atoms with Gasteiger partial charge in [-0.3, -0.25) is 9.59 Å². The molecule has 0 saturated carbocycles. The van der Waals surface area contributed by atoms with Gasteiger partial charge in [-0.05, 0) is 20.8 Å². The lowest BCUT2D eigenvalue weighted by Gasteiger charge is -2.18. The summed E-state index contributed by atoms with van der Waals surface area (Å²) in [5.74, 6) is -0.757. The Hall–Kier alpha value is -0.570. The number of esters is 1. The summed E-state index contributed by atoms with van der Waals surface area (Å²) in [4.78, 5) is 22.4. The molecule has 0 saturated heterocycles. The van der Waals surface area contributed by atoms with Gasteiger partial charge in [0.25, 0.3) is 0 Å². The quantitative estimate of drug-likeness (QED) is 0.538. The van der Waals surface area contributed by atoms with E-state index in [1.54, 1.807) is 27.7 Å². The predicted octanol–water partition coefficient (Wildman–Crippen LogP) is 2.02. The summed E-state index contributed by atoms with van der Waals surface area (Å²) in [6.45, 7) is 7.11. The largest absolute Gasteiger partial charge is 0.465 e. The lowest BCUT2D eigenvalue weighted by molar-refractivity contribution is -0.154. The van der Waals surface area contributed by atoms with Crippen LogP contribution in [-0.2, 0) is 14.3 Å². The van der Waals surface area contributed by atoms with Gasteiger partial charge in [0.2, 0.25) is 0 Å². The maximum Gasteiger partial charge on any atom is 0.311 e. The smallest absolute Gasteiger partial charge is 0.311 e. The molecule has 0 aromatic rings. The zero-order valence-corrected chi connectivity index (χ0v) is 9.85. The predicted molar refractivity (Wildman–Crippen MR) is 55.3 cm³/mol. The van der Waals surface area contributed by atoms with E-state index < -0.39 is 5.41 Å². The first-order valence-electron chi connectivity index (χ1n) is 4.55. The molecule has 0 heterocycles. The second kappa shape index (κ2) is 5.35. The van der Waals surface area contributed by atoms with E-state index >= 15 is 0 Å². The normalized spacial score (nSPS) is 13.5. The highest BCUT2D eigenvalue weighted by Gasteiger charge is 2.24. The minimum atomic E-state index is -0.524. The van der Waals surface area contributed by atoms with E-state index in [0.717, 1.165) is 0 Å². The average Bonchev–Trinajstić information content (AvgIpc) is 2.10. The number of ether oxygens (including phenoxy) is 1. The second-order valence-corrected chi connectivity index (χ2v) is 4.62. The van der Waals surface area contributed by atoms with Gasteiger partial charge in [-0.2, -0.15) is 0 Å². The molecule has 0 aliphatic carbocycles. The van der Waals surface area contributed by atoms with Gasteiger partial charge in [-0.1, -0.05) is 6.92 Å². The van der Waals surface area contributed by atoms with Crippen molar-refractivity contribution in [3.8, 4) is 0 Å². The highest BCUT2D eigenvalue weighted by atomic mass is 35.5. The first kappa shape index (κ1) is 13.4. The molecule has 1 atom stereocenters. The number of carbonyl (C=O) groups excluding carboxylic acids is 2. The van der Waals surface area contributed by atoms with E-state index in [-0.39, 0.29) is 30.2 Å². The van der Waals surface area contributed by atoms with Gasteiger partial charge in [0.1, 0.15) is 6.61 Å². The van der Waals surface area contributed by atoms with E-state index in [0.29, 0.717) is 0 Å². The van der Waals surface area contributed by atoms with Crippen molar-refractivity contribution in [2.75, 3.05) is 12.5 Å². The third-order valence-electron chi connectivity index (χ3n) is 1.76. The topological polar surface area (TPSA) is 43.4 Å². The molecule has 0 aliphatic heterocycles. The monoisotopic (exact) mass is 220 g/mol. The van der Waals surface area contributed by atoms with Crippen LogP contribution in [0, 0.1) is 11.3 Å². The number of ketones is 1. The Bertz CT molecular complexity index is 218. The van der Waals surface area contributed by atoms with Gasteiger partial charge in [-0.15, -0.1) is 11.6 Å². The van der Waals surface area contributed by atoms with Gasteiger partial charge < -0.3 is 4.74 Å². The second-order valence-electron chi connectivity index (χ2n) is 4.35. The lowest BCUT2D eigenvalue weighted by atomic mass is 9.97. The Balaban J connectivity index is 3.96. The average molecular weight is 221 g/mol. The third-order valence-corrected chi connectivity index (χ3v) is 2.02. The summed E-state index contributed by atoms with van der Waals surface area (Å²) in [6.07, 6.45) is 0. The molecule has 0 spiro atoms. The molecule has 0 aromatic carbocycles. The van der Waals surface area contributed by atoms with Crippen molar-refractivity contribution in [1.82, 2.24) is 0 Å². The van der Waals surface area contributed by atoms with Crippen LogP contribution < -0.4 is 0 Å². The van der Waals surface area contributed by atoms with Gasteiger partial charge in [0.15, 0.2) is 5.78 Å². The van der Waals surface area contributed by atoms with Crippen LogP contribution in [0.25, 0.3) is 0 Å². The van der Waals surface area contributed by atoms with Crippen molar-refractivity contribution in [2.45, 2.75) is 27.7 Å². The number of rotatable bonds is 4. The van der Waals surface area contributed by atoms with Crippen molar-refractivity contribution in [2.24, 2.45) is 11.3 Å². The molecular weight excluding hydrogens is 204 g/mol. The Morgan fingerprint density at radius 3 is 2.21 bits per heavy atom. The van der Waals surface area contributed by atoms with Crippen LogP contribution in [-0.4, -0.2) is 24.2 Å². The summed E-state index contributed by atoms with van der Waals surface area (Å²) in [5.41, 5.74) is -0.524. The summed E-state index contributed by atoms with van der Waals surface area (Å²) < 4.78 is 4.97. The van der Waals surface area contributed by atoms with Gasteiger partial charge in [-0.25, -0.2) is 0 Å². The molecule has 0 unspecified atom stereocenters. The Morgan fingerprint density at radius 1 is 1.36 bits per heavy atom. The third kappa shape index (κ3) is 4.61. The molecule has 3 nitrogen and oxygen atoms in total. The molecule has 0 rings (SSSR count). The number of hydrogen-bond acceptors (Lipinski definition) is 3. The number of alkyl halides is 1. The zero-order valence-electron chi connectivity index (χ0n) is 9.09. The molecule has 0 amide bonds. The van der Waals surface area contributed by atoms with Gasteiger partial charge in [0.05, 0.1) is 17.2 Å². The van der Waals surface area contributed by atoms with Gasteiger partial charge >= 0.3 is 5.97 Å². The van der Waals surface area contributed by atoms with E-state index in [2.05, 4.69) is 0 Å². The van der Waals surface area contributed by atoms with Crippen molar-refractivity contribution < 1.29 is 14.3 Å². The molecule has 4 heteroatoms. The fraction of sp³-hybridized carbons (Fsp3) is 0.800. The Kier molecular flexibility index (Phi) is 5.13. The van der Waals surface area contributed by atoms with Crippen LogP contribution in [0.4, 0.5) is 0 Å². The number of carbonyl (C=O) groups is 2. The van der Waals surface area contributed by atoms with Crippen LogP contribution in [0.2, 0.25) is 0 Å². The highest BCUT2D eigenvalue weighted by molar-refractivity contribution is 6.27. The summed E-state index contributed by atoms with van der Waals surface area (Å²) in [7, 11) is 0.